The van der Waals surface area contributed by atoms with E-state index in [0.717, 1.165) is 18.4 Å². The van der Waals surface area contributed by atoms with E-state index >= 15 is 0 Å². The minimum Gasteiger partial charge on any atom is -0.247 e. The van der Waals surface area contributed by atoms with E-state index in [1.165, 1.54) is 16.6 Å². The van der Waals surface area contributed by atoms with Crippen LogP contribution in [0.5, 0.6) is 0 Å². The van der Waals surface area contributed by atoms with Gasteiger partial charge in [0.2, 0.25) is 0 Å². The molecule has 0 aliphatic carbocycles. The second kappa shape index (κ2) is 5.09. The first kappa shape index (κ1) is 13.1. The number of hydrogen-bond donors (Lipinski definition) is 0. The van der Waals surface area contributed by atoms with Crippen LogP contribution in [0, 0.1) is 0 Å². The highest BCUT2D eigenvalue weighted by atomic mass is 15.4. The lowest BCUT2D eigenvalue weighted by Gasteiger charge is -2.16. The molecule has 98 valence electrons. The van der Waals surface area contributed by atoms with Crippen LogP contribution in [-0.2, 0) is 7.05 Å². The standard InChI is InChI=1S/C15H23N3/c1-6-11(7-2)13-9-8-12(10(3)4)15-14(13)16-17-18(15)5/h8-11H,6-7H2,1-5H3. The molecular weight excluding hydrogens is 222 g/mol. The van der Waals surface area contributed by atoms with Gasteiger partial charge in [-0.25, -0.2) is 4.68 Å². The normalized spacial score (nSPS) is 11.9. The van der Waals surface area contributed by atoms with E-state index in [-0.39, 0.29) is 0 Å². The zero-order valence-corrected chi connectivity index (χ0v) is 12.1. The highest BCUT2D eigenvalue weighted by Gasteiger charge is 2.18. The number of hydrogen-bond acceptors (Lipinski definition) is 2. The molecule has 18 heavy (non-hydrogen) atoms. The molecule has 0 atom stereocenters. The minimum absolute atomic E-state index is 0.500. The molecule has 0 N–H and O–H groups in total. The Morgan fingerprint density at radius 1 is 1.11 bits per heavy atom. The Morgan fingerprint density at radius 2 is 1.72 bits per heavy atom. The van der Waals surface area contributed by atoms with Gasteiger partial charge >= 0.3 is 0 Å². The van der Waals surface area contributed by atoms with Gasteiger partial charge in [-0.3, -0.25) is 0 Å². The third kappa shape index (κ3) is 2.02. The molecular formula is C15H23N3. The fraction of sp³-hybridized carbons (Fsp3) is 0.600. The zero-order chi connectivity index (χ0) is 13.3. The number of fused-ring (bicyclic) bond motifs is 1. The van der Waals surface area contributed by atoms with Crippen molar-refractivity contribution in [3.05, 3.63) is 23.3 Å². The molecule has 0 aliphatic rings. The lowest BCUT2D eigenvalue weighted by molar-refractivity contribution is 0.645. The molecule has 1 aromatic carbocycles. The van der Waals surface area contributed by atoms with Gasteiger partial charge in [0.15, 0.2) is 0 Å². The van der Waals surface area contributed by atoms with E-state index in [1.807, 2.05) is 11.7 Å². The van der Waals surface area contributed by atoms with Crippen LogP contribution in [0.4, 0.5) is 0 Å². The minimum atomic E-state index is 0.500. The first-order valence-corrected chi connectivity index (χ1v) is 6.92. The maximum Gasteiger partial charge on any atom is 0.116 e. The first-order valence-electron chi connectivity index (χ1n) is 6.92. The van der Waals surface area contributed by atoms with Crippen molar-refractivity contribution in [1.29, 1.82) is 0 Å². The van der Waals surface area contributed by atoms with E-state index in [9.17, 15) is 0 Å². The van der Waals surface area contributed by atoms with Crippen LogP contribution in [0.1, 0.15) is 63.5 Å². The average molecular weight is 245 g/mol. The summed E-state index contributed by atoms with van der Waals surface area (Å²) in [6.07, 6.45) is 2.31. The second-order valence-corrected chi connectivity index (χ2v) is 5.32. The molecule has 0 bridgehead atoms. The molecule has 3 nitrogen and oxygen atoms in total. The Balaban J connectivity index is 2.69. The van der Waals surface area contributed by atoms with Gasteiger partial charge < -0.3 is 0 Å². The van der Waals surface area contributed by atoms with Crippen LogP contribution in [0.3, 0.4) is 0 Å². The highest BCUT2D eigenvalue weighted by Crippen LogP contribution is 2.32. The summed E-state index contributed by atoms with van der Waals surface area (Å²) in [5.74, 6) is 1.09. The average Bonchev–Trinajstić information content (AvgIpc) is 2.73. The van der Waals surface area contributed by atoms with Crippen molar-refractivity contribution >= 4 is 11.0 Å². The fourth-order valence-corrected chi connectivity index (χ4v) is 2.74. The van der Waals surface area contributed by atoms with Gasteiger partial charge in [-0.2, -0.15) is 0 Å². The van der Waals surface area contributed by atoms with Crippen molar-refractivity contribution in [1.82, 2.24) is 15.0 Å². The molecule has 1 aromatic heterocycles. The van der Waals surface area contributed by atoms with Crippen LogP contribution in [-0.4, -0.2) is 15.0 Å². The summed E-state index contributed by atoms with van der Waals surface area (Å²) >= 11 is 0. The lowest BCUT2D eigenvalue weighted by atomic mass is 9.90. The van der Waals surface area contributed by atoms with E-state index in [2.05, 4.69) is 50.1 Å². The molecule has 0 aliphatic heterocycles. The molecule has 0 radical (unpaired) electrons. The second-order valence-electron chi connectivity index (χ2n) is 5.32. The zero-order valence-electron chi connectivity index (χ0n) is 12.1. The molecule has 0 saturated heterocycles. The lowest BCUT2D eigenvalue weighted by Crippen LogP contribution is -2.01. The Hall–Kier alpha value is -1.38. The third-order valence-electron chi connectivity index (χ3n) is 3.86. The summed E-state index contributed by atoms with van der Waals surface area (Å²) in [7, 11) is 1.98. The van der Waals surface area contributed by atoms with E-state index in [1.54, 1.807) is 0 Å². The van der Waals surface area contributed by atoms with Crippen molar-refractivity contribution in [3.8, 4) is 0 Å². The van der Waals surface area contributed by atoms with E-state index in [0.29, 0.717) is 11.8 Å². The Bertz CT molecular complexity index is 536. The van der Waals surface area contributed by atoms with Gasteiger partial charge in [0.25, 0.3) is 0 Å². The molecule has 1 heterocycles. The molecule has 0 fully saturated rings. The van der Waals surface area contributed by atoms with Gasteiger partial charge in [-0.1, -0.05) is 45.0 Å². The topological polar surface area (TPSA) is 30.7 Å². The SMILES string of the molecule is CCC(CC)c1ccc(C(C)C)c2c1nnn2C. The molecule has 0 amide bonds. The maximum atomic E-state index is 4.39. The van der Waals surface area contributed by atoms with Crippen LogP contribution in [0.2, 0.25) is 0 Å². The molecule has 0 unspecified atom stereocenters. The van der Waals surface area contributed by atoms with Crippen molar-refractivity contribution in [2.24, 2.45) is 7.05 Å². The quantitative estimate of drug-likeness (QED) is 0.815. The molecule has 3 heteroatoms. The van der Waals surface area contributed by atoms with Crippen LogP contribution < -0.4 is 0 Å². The van der Waals surface area contributed by atoms with Crippen LogP contribution in [0.15, 0.2) is 12.1 Å². The summed E-state index contributed by atoms with van der Waals surface area (Å²) in [6.45, 7) is 8.93. The van der Waals surface area contributed by atoms with Crippen molar-refractivity contribution in [3.63, 3.8) is 0 Å². The number of benzene rings is 1. The summed E-state index contributed by atoms with van der Waals surface area (Å²) in [5, 5.41) is 8.61. The Morgan fingerprint density at radius 3 is 2.28 bits per heavy atom. The fourth-order valence-electron chi connectivity index (χ4n) is 2.74. The number of aromatic nitrogens is 3. The molecule has 2 rings (SSSR count). The van der Waals surface area contributed by atoms with Gasteiger partial charge in [-0.15, -0.1) is 5.10 Å². The largest absolute Gasteiger partial charge is 0.247 e. The van der Waals surface area contributed by atoms with Crippen molar-refractivity contribution in [2.45, 2.75) is 52.4 Å². The highest BCUT2D eigenvalue weighted by molar-refractivity contribution is 5.82. The van der Waals surface area contributed by atoms with Gasteiger partial charge in [0.05, 0.1) is 5.52 Å². The Kier molecular flexibility index (Phi) is 3.69. The van der Waals surface area contributed by atoms with Crippen LogP contribution in [0.25, 0.3) is 11.0 Å². The summed E-state index contributed by atoms with van der Waals surface area (Å²) in [4.78, 5) is 0. The van der Waals surface area contributed by atoms with Gasteiger partial charge in [-0.05, 0) is 35.8 Å². The number of nitrogens with zero attached hydrogens (tertiary/aromatic N) is 3. The summed E-state index contributed by atoms with van der Waals surface area (Å²) in [6, 6.07) is 4.51. The summed E-state index contributed by atoms with van der Waals surface area (Å²) < 4.78 is 1.91. The van der Waals surface area contributed by atoms with Crippen molar-refractivity contribution in [2.75, 3.05) is 0 Å². The summed E-state index contributed by atoms with van der Waals surface area (Å²) in [5.41, 5.74) is 4.99. The third-order valence-corrected chi connectivity index (χ3v) is 3.86. The first-order chi connectivity index (χ1) is 8.60. The Labute approximate surface area is 109 Å². The van der Waals surface area contributed by atoms with Gasteiger partial charge in [0, 0.05) is 7.05 Å². The molecule has 0 spiro atoms. The number of aryl methyl sites for hydroxylation is 1. The predicted molar refractivity (Wildman–Crippen MR) is 75.9 cm³/mol. The van der Waals surface area contributed by atoms with E-state index < -0.39 is 0 Å². The molecule has 2 aromatic rings. The smallest absolute Gasteiger partial charge is 0.116 e. The number of rotatable bonds is 4. The van der Waals surface area contributed by atoms with E-state index in [4.69, 9.17) is 0 Å². The van der Waals surface area contributed by atoms with Gasteiger partial charge in [0.1, 0.15) is 5.52 Å². The van der Waals surface area contributed by atoms with Crippen LogP contribution >= 0.6 is 0 Å². The monoisotopic (exact) mass is 245 g/mol. The predicted octanol–water partition coefficient (Wildman–Crippen LogP) is 4.00. The van der Waals surface area contributed by atoms with Crippen molar-refractivity contribution < 1.29 is 0 Å². The maximum absolute atomic E-state index is 4.39. The molecule has 0 saturated carbocycles.